The second-order valence-electron chi connectivity index (χ2n) is 6.32. The van der Waals surface area contributed by atoms with Crippen LogP contribution in [0.25, 0.3) is 0 Å². The van der Waals surface area contributed by atoms with Crippen LogP contribution in [0.5, 0.6) is 11.5 Å². The molecule has 130 valence electrons. The van der Waals surface area contributed by atoms with Crippen molar-refractivity contribution in [3.05, 3.63) is 23.8 Å². The molecule has 1 aromatic carbocycles. The summed E-state index contributed by atoms with van der Waals surface area (Å²) in [5.41, 5.74) is 1.44. The number of methoxy groups -OCH3 is 2. The maximum Gasteiger partial charge on any atom is 0.144 e. The van der Waals surface area contributed by atoms with E-state index in [2.05, 4.69) is 10.5 Å². The molecule has 0 heterocycles. The van der Waals surface area contributed by atoms with Crippen molar-refractivity contribution in [3.63, 3.8) is 0 Å². The van der Waals surface area contributed by atoms with E-state index >= 15 is 0 Å². The molecule has 1 atom stereocenters. The molecule has 1 rings (SSSR count). The minimum Gasteiger partial charge on any atom is -0.497 e. The highest BCUT2D eigenvalue weighted by Crippen LogP contribution is 2.25. The van der Waals surface area contributed by atoms with Gasteiger partial charge in [0.2, 0.25) is 0 Å². The standard InChI is InChI=1S/C17H28N2O4/c1-12(15-8-7-14(21-5)9-16(15)22-6)19-23-11-13(20)10-18-17(2,3)4/h7-9,13,18,20H,10-11H2,1-6H3/b19-12+. The fourth-order valence-corrected chi connectivity index (χ4v) is 1.85. The van der Waals surface area contributed by atoms with Crippen LogP contribution in [0.1, 0.15) is 33.3 Å². The summed E-state index contributed by atoms with van der Waals surface area (Å²) >= 11 is 0. The highest BCUT2D eigenvalue weighted by molar-refractivity contribution is 6.00. The van der Waals surface area contributed by atoms with Gasteiger partial charge in [-0.25, -0.2) is 0 Å². The molecule has 6 heteroatoms. The summed E-state index contributed by atoms with van der Waals surface area (Å²) < 4.78 is 10.5. The second kappa shape index (κ2) is 8.74. The molecular formula is C17H28N2O4. The van der Waals surface area contributed by atoms with E-state index in [4.69, 9.17) is 14.3 Å². The third kappa shape index (κ3) is 6.88. The molecule has 6 nitrogen and oxygen atoms in total. The first-order valence-corrected chi connectivity index (χ1v) is 7.59. The quantitative estimate of drug-likeness (QED) is 0.566. The molecule has 0 aromatic heterocycles. The first-order chi connectivity index (χ1) is 10.8. The molecule has 23 heavy (non-hydrogen) atoms. The number of ether oxygens (including phenoxy) is 2. The van der Waals surface area contributed by atoms with E-state index in [9.17, 15) is 5.11 Å². The molecule has 0 aliphatic rings. The Bertz CT molecular complexity index is 524. The Kier molecular flexibility index (Phi) is 7.32. The number of nitrogens with one attached hydrogen (secondary N) is 1. The van der Waals surface area contributed by atoms with E-state index in [0.29, 0.717) is 23.8 Å². The summed E-state index contributed by atoms with van der Waals surface area (Å²) in [6.45, 7) is 8.52. The van der Waals surface area contributed by atoms with Crippen LogP contribution < -0.4 is 14.8 Å². The van der Waals surface area contributed by atoms with Crippen molar-refractivity contribution in [3.8, 4) is 11.5 Å². The van der Waals surface area contributed by atoms with Crippen molar-refractivity contribution < 1.29 is 19.4 Å². The summed E-state index contributed by atoms with van der Waals surface area (Å²) in [5, 5.41) is 17.1. The smallest absolute Gasteiger partial charge is 0.144 e. The van der Waals surface area contributed by atoms with Crippen molar-refractivity contribution in [2.45, 2.75) is 39.3 Å². The van der Waals surface area contributed by atoms with Crippen molar-refractivity contribution in [1.82, 2.24) is 5.32 Å². The molecule has 0 aliphatic heterocycles. The molecule has 0 radical (unpaired) electrons. The summed E-state index contributed by atoms with van der Waals surface area (Å²) in [7, 11) is 3.19. The molecule has 0 bridgehead atoms. The van der Waals surface area contributed by atoms with Crippen molar-refractivity contribution in [2.75, 3.05) is 27.4 Å². The number of aliphatic hydroxyl groups is 1. The number of benzene rings is 1. The Morgan fingerprint density at radius 3 is 2.52 bits per heavy atom. The third-order valence-corrected chi connectivity index (χ3v) is 3.13. The second-order valence-corrected chi connectivity index (χ2v) is 6.32. The number of rotatable bonds is 8. The number of nitrogens with zero attached hydrogens (tertiary/aromatic N) is 1. The molecule has 1 unspecified atom stereocenters. The van der Waals surface area contributed by atoms with E-state index in [1.54, 1.807) is 20.3 Å². The van der Waals surface area contributed by atoms with Crippen LogP contribution in [0.3, 0.4) is 0 Å². The highest BCUT2D eigenvalue weighted by atomic mass is 16.6. The lowest BCUT2D eigenvalue weighted by Gasteiger charge is -2.22. The molecule has 2 N–H and O–H groups in total. The van der Waals surface area contributed by atoms with Gasteiger partial charge in [0.25, 0.3) is 0 Å². The number of hydrogen-bond donors (Lipinski definition) is 2. The zero-order chi connectivity index (χ0) is 17.5. The average molecular weight is 324 g/mol. The van der Waals surface area contributed by atoms with E-state index < -0.39 is 6.10 Å². The van der Waals surface area contributed by atoms with Crippen molar-refractivity contribution in [1.29, 1.82) is 0 Å². The fourth-order valence-electron chi connectivity index (χ4n) is 1.85. The summed E-state index contributed by atoms with van der Waals surface area (Å²) in [6.07, 6.45) is -0.622. The normalized spacial score (nSPS) is 13.6. The molecule has 0 fully saturated rings. The van der Waals surface area contributed by atoms with Gasteiger partial charge in [-0.2, -0.15) is 0 Å². The van der Waals surface area contributed by atoms with Gasteiger partial charge in [-0.3, -0.25) is 0 Å². The topological polar surface area (TPSA) is 72.3 Å². The van der Waals surface area contributed by atoms with Gasteiger partial charge < -0.3 is 24.7 Å². The minimum atomic E-state index is -0.622. The maximum atomic E-state index is 9.87. The van der Waals surface area contributed by atoms with Gasteiger partial charge in [0.05, 0.1) is 19.9 Å². The highest BCUT2D eigenvalue weighted by Gasteiger charge is 2.13. The van der Waals surface area contributed by atoms with Gasteiger partial charge in [0, 0.05) is 23.7 Å². The van der Waals surface area contributed by atoms with Crippen LogP contribution in [0, 0.1) is 0 Å². The third-order valence-electron chi connectivity index (χ3n) is 3.13. The Balaban J connectivity index is 2.60. The fraction of sp³-hybridized carbons (Fsp3) is 0.588. The lowest BCUT2D eigenvalue weighted by Crippen LogP contribution is -2.42. The maximum absolute atomic E-state index is 9.87. The average Bonchev–Trinajstić information content (AvgIpc) is 2.51. The number of β-amino-alcohol motifs (C(OH)–C–C–N with tert-alkyl or cyclic N) is 1. The van der Waals surface area contributed by atoms with Gasteiger partial charge in [0.1, 0.15) is 24.2 Å². The monoisotopic (exact) mass is 324 g/mol. The Labute approximate surface area is 138 Å². The molecular weight excluding hydrogens is 296 g/mol. The number of hydrogen-bond acceptors (Lipinski definition) is 6. The molecule has 0 saturated heterocycles. The van der Waals surface area contributed by atoms with Crippen LogP contribution in [-0.4, -0.2) is 49.8 Å². The van der Waals surface area contributed by atoms with Crippen LogP contribution in [0.2, 0.25) is 0 Å². The number of aliphatic hydroxyl groups excluding tert-OH is 1. The van der Waals surface area contributed by atoms with Gasteiger partial charge in [-0.05, 0) is 39.8 Å². The van der Waals surface area contributed by atoms with Gasteiger partial charge in [-0.1, -0.05) is 5.16 Å². The predicted octanol–water partition coefficient (Wildman–Crippen LogP) is 2.19. The van der Waals surface area contributed by atoms with Gasteiger partial charge >= 0.3 is 0 Å². The first kappa shape index (κ1) is 19.3. The van der Waals surface area contributed by atoms with Crippen LogP contribution in [0.15, 0.2) is 23.4 Å². The Morgan fingerprint density at radius 1 is 1.26 bits per heavy atom. The van der Waals surface area contributed by atoms with E-state index in [0.717, 1.165) is 5.56 Å². The minimum absolute atomic E-state index is 0.0450. The Morgan fingerprint density at radius 2 is 1.96 bits per heavy atom. The summed E-state index contributed by atoms with van der Waals surface area (Å²) in [4.78, 5) is 5.24. The molecule has 1 aromatic rings. The lowest BCUT2D eigenvalue weighted by atomic mass is 10.1. The van der Waals surface area contributed by atoms with E-state index in [1.807, 2.05) is 39.8 Å². The van der Waals surface area contributed by atoms with Crippen LogP contribution in [0.4, 0.5) is 0 Å². The molecule has 0 amide bonds. The zero-order valence-electron chi connectivity index (χ0n) is 14.8. The predicted molar refractivity (Wildman–Crippen MR) is 91.5 cm³/mol. The van der Waals surface area contributed by atoms with Gasteiger partial charge in [0.15, 0.2) is 0 Å². The molecule has 0 saturated carbocycles. The van der Waals surface area contributed by atoms with Gasteiger partial charge in [-0.15, -0.1) is 0 Å². The largest absolute Gasteiger partial charge is 0.497 e. The SMILES string of the molecule is COc1ccc(/C(C)=N/OCC(O)CNC(C)(C)C)c(OC)c1. The molecule has 0 aliphatic carbocycles. The van der Waals surface area contributed by atoms with Crippen LogP contribution >= 0.6 is 0 Å². The van der Waals surface area contributed by atoms with E-state index in [-0.39, 0.29) is 12.1 Å². The molecule has 0 spiro atoms. The zero-order valence-corrected chi connectivity index (χ0v) is 14.8. The van der Waals surface area contributed by atoms with Crippen molar-refractivity contribution >= 4 is 5.71 Å². The van der Waals surface area contributed by atoms with Crippen LogP contribution in [-0.2, 0) is 4.84 Å². The lowest BCUT2D eigenvalue weighted by molar-refractivity contribution is 0.0372. The van der Waals surface area contributed by atoms with Crippen molar-refractivity contribution in [2.24, 2.45) is 5.16 Å². The Hall–Kier alpha value is -1.79. The first-order valence-electron chi connectivity index (χ1n) is 7.59. The van der Waals surface area contributed by atoms with E-state index in [1.165, 1.54) is 0 Å². The summed E-state index contributed by atoms with van der Waals surface area (Å²) in [6, 6.07) is 5.48. The summed E-state index contributed by atoms with van der Waals surface area (Å²) in [5.74, 6) is 1.37. The number of oxime groups is 1.